The lowest BCUT2D eigenvalue weighted by Gasteiger charge is -2.08. The van der Waals surface area contributed by atoms with Gasteiger partial charge < -0.3 is 4.98 Å². The second-order valence-corrected chi connectivity index (χ2v) is 7.27. The van der Waals surface area contributed by atoms with Gasteiger partial charge in [-0.3, -0.25) is 0 Å². The minimum Gasteiger partial charge on any atom is -0.342 e. The van der Waals surface area contributed by atoms with Crippen LogP contribution in [0.3, 0.4) is 0 Å². The van der Waals surface area contributed by atoms with E-state index in [1.165, 1.54) is 0 Å². The molecule has 0 radical (unpaired) electrons. The number of sulfonamides is 1. The normalized spacial score (nSPS) is 11.5. The first-order chi connectivity index (χ1) is 11.6. The molecule has 3 aromatic rings. The number of imidazole rings is 1. The van der Waals surface area contributed by atoms with E-state index in [1.807, 2.05) is 36.4 Å². The van der Waals surface area contributed by atoms with Crippen LogP contribution in [0.4, 0.5) is 0 Å². The molecule has 2 N–H and O–H groups in total. The zero-order valence-electron chi connectivity index (χ0n) is 13.4. The molecular weight excluding hydrogens is 322 g/mol. The number of rotatable bonds is 6. The first kappa shape index (κ1) is 16.4. The van der Waals surface area contributed by atoms with E-state index in [4.69, 9.17) is 0 Å². The Balaban J connectivity index is 1.63. The summed E-state index contributed by atoms with van der Waals surface area (Å²) in [5, 5.41) is 0. The lowest BCUT2D eigenvalue weighted by molar-refractivity contribution is 0.581. The fraction of sp³-hybridized carbons (Fsp3) is 0.167. The molecule has 0 unspecified atom stereocenters. The zero-order chi connectivity index (χ0) is 17.0. The van der Waals surface area contributed by atoms with E-state index in [1.54, 1.807) is 31.3 Å². The Bertz CT molecular complexity index is 918. The Hall–Kier alpha value is -2.44. The van der Waals surface area contributed by atoms with E-state index < -0.39 is 10.0 Å². The minimum absolute atomic E-state index is 0.313. The van der Waals surface area contributed by atoms with Crippen molar-refractivity contribution in [2.24, 2.45) is 0 Å². The number of hydrogen-bond acceptors (Lipinski definition) is 3. The Labute approximate surface area is 141 Å². The zero-order valence-corrected chi connectivity index (χ0v) is 14.2. The number of H-pyrrole nitrogens is 1. The molecule has 5 nitrogen and oxygen atoms in total. The Morgan fingerprint density at radius 3 is 2.50 bits per heavy atom. The van der Waals surface area contributed by atoms with Gasteiger partial charge in [0.2, 0.25) is 10.0 Å². The fourth-order valence-corrected chi connectivity index (χ4v) is 3.76. The standard InChI is InChI=1S/C18H19N3O2S/c1-14-7-5-6-10-17(14)24(22,23)20-12-11-16-13-19-18(21-16)15-8-3-2-4-9-15/h2-10,13,20H,11-12H2,1H3,(H,19,21). The molecule has 0 aliphatic carbocycles. The number of hydrogen-bond donors (Lipinski definition) is 2. The molecule has 3 rings (SSSR count). The van der Waals surface area contributed by atoms with Crippen LogP contribution in [0, 0.1) is 6.92 Å². The van der Waals surface area contributed by atoms with Crippen molar-refractivity contribution in [3.05, 3.63) is 72.1 Å². The maximum absolute atomic E-state index is 12.3. The monoisotopic (exact) mass is 341 g/mol. The van der Waals surface area contributed by atoms with Crippen molar-refractivity contribution in [1.82, 2.24) is 14.7 Å². The van der Waals surface area contributed by atoms with Crippen LogP contribution in [0.2, 0.25) is 0 Å². The summed E-state index contributed by atoms with van der Waals surface area (Å²) in [6.07, 6.45) is 2.29. The van der Waals surface area contributed by atoms with Gasteiger partial charge in [0.05, 0.1) is 4.90 Å². The SMILES string of the molecule is Cc1ccccc1S(=O)(=O)NCCc1cnc(-c2ccccc2)[nH]1. The molecule has 0 fully saturated rings. The summed E-state index contributed by atoms with van der Waals surface area (Å²) in [7, 11) is -3.49. The number of nitrogens with zero attached hydrogens (tertiary/aromatic N) is 1. The van der Waals surface area contributed by atoms with Gasteiger partial charge >= 0.3 is 0 Å². The maximum atomic E-state index is 12.3. The minimum atomic E-state index is -3.49. The van der Waals surface area contributed by atoms with Gasteiger partial charge in [0.1, 0.15) is 5.82 Å². The van der Waals surface area contributed by atoms with Gasteiger partial charge in [-0.2, -0.15) is 0 Å². The molecule has 24 heavy (non-hydrogen) atoms. The third-order valence-electron chi connectivity index (χ3n) is 3.75. The van der Waals surface area contributed by atoms with Crippen molar-refractivity contribution >= 4 is 10.0 Å². The van der Waals surface area contributed by atoms with Crippen LogP contribution in [-0.4, -0.2) is 24.9 Å². The summed E-state index contributed by atoms with van der Waals surface area (Å²) in [5.41, 5.74) is 2.63. The first-order valence-corrected chi connectivity index (χ1v) is 9.19. The van der Waals surface area contributed by atoms with Crippen molar-refractivity contribution < 1.29 is 8.42 Å². The first-order valence-electron chi connectivity index (χ1n) is 7.71. The van der Waals surface area contributed by atoms with Crippen molar-refractivity contribution in [1.29, 1.82) is 0 Å². The third-order valence-corrected chi connectivity index (χ3v) is 5.37. The van der Waals surface area contributed by atoms with Gasteiger partial charge in [0, 0.05) is 30.4 Å². The van der Waals surface area contributed by atoms with Crippen LogP contribution in [0.25, 0.3) is 11.4 Å². The second-order valence-electron chi connectivity index (χ2n) is 5.54. The van der Waals surface area contributed by atoms with Crippen LogP contribution in [-0.2, 0) is 16.4 Å². The molecule has 0 saturated carbocycles. The lowest BCUT2D eigenvalue weighted by Crippen LogP contribution is -2.26. The molecule has 0 bridgehead atoms. The number of aromatic amines is 1. The fourth-order valence-electron chi connectivity index (χ4n) is 2.48. The molecular formula is C18H19N3O2S. The Morgan fingerprint density at radius 2 is 1.75 bits per heavy atom. The number of benzene rings is 2. The van der Waals surface area contributed by atoms with Crippen LogP contribution >= 0.6 is 0 Å². The summed E-state index contributed by atoms with van der Waals surface area (Å²) >= 11 is 0. The largest absolute Gasteiger partial charge is 0.342 e. The molecule has 1 aromatic heterocycles. The molecule has 0 aliphatic rings. The quantitative estimate of drug-likeness (QED) is 0.724. The summed E-state index contributed by atoms with van der Waals surface area (Å²) in [4.78, 5) is 7.88. The van der Waals surface area contributed by atoms with E-state index in [9.17, 15) is 8.42 Å². The topological polar surface area (TPSA) is 74.8 Å². The van der Waals surface area contributed by atoms with Crippen LogP contribution in [0.5, 0.6) is 0 Å². The number of aryl methyl sites for hydroxylation is 1. The van der Waals surface area contributed by atoms with Gasteiger partial charge in [-0.1, -0.05) is 48.5 Å². The second kappa shape index (κ2) is 6.98. The van der Waals surface area contributed by atoms with Gasteiger partial charge in [0.15, 0.2) is 0 Å². The number of nitrogens with one attached hydrogen (secondary N) is 2. The van der Waals surface area contributed by atoms with Crippen LogP contribution < -0.4 is 4.72 Å². The molecule has 0 atom stereocenters. The molecule has 6 heteroatoms. The van der Waals surface area contributed by atoms with E-state index in [-0.39, 0.29) is 0 Å². The van der Waals surface area contributed by atoms with E-state index in [0.29, 0.717) is 17.9 Å². The summed E-state index contributed by atoms with van der Waals surface area (Å²) in [5.74, 6) is 0.785. The van der Waals surface area contributed by atoms with E-state index in [0.717, 1.165) is 22.6 Å². The maximum Gasteiger partial charge on any atom is 0.240 e. The molecule has 0 saturated heterocycles. The van der Waals surface area contributed by atoms with E-state index >= 15 is 0 Å². The highest BCUT2D eigenvalue weighted by molar-refractivity contribution is 7.89. The molecule has 1 heterocycles. The van der Waals surface area contributed by atoms with Gasteiger partial charge in [-0.25, -0.2) is 18.1 Å². The summed E-state index contributed by atoms with van der Waals surface area (Å²) in [6.45, 7) is 2.10. The highest BCUT2D eigenvalue weighted by Gasteiger charge is 2.15. The van der Waals surface area contributed by atoms with Crippen molar-refractivity contribution in [3.63, 3.8) is 0 Å². The smallest absolute Gasteiger partial charge is 0.240 e. The van der Waals surface area contributed by atoms with Crippen molar-refractivity contribution in [3.8, 4) is 11.4 Å². The molecule has 0 spiro atoms. The average Bonchev–Trinajstić information content (AvgIpc) is 3.05. The van der Waals surface area contributed by atoms with E-state index in [2.05, 4.69) is 14.7 Å². The third kappa shape index (κ3) is 3.72. The van der Waals surface area contributed by atoms with Crippen LogP contribution in [0.1, 0.15) is 11.3 Å². The predicted octanol–water partition coefficient (Wildman–Crippen LogP) is 2.91. The molecule has 0 aliphatic heterocycles. The van der Waals surface area contributed by atoms with Gasteiger partial charge in [0.25, 0.3) is 0 Å². The number of aromatic nitrogens is 2. The average molecular weight is 341 g/mol. The Morgan fingerprint density at radius 1 is 1.04 bits per heavy atom. The predicted molar refractivity (Wildman–Crippen MR) is 94.1 cm³/mol. The Kier molecular flexibility index (Phi) is 4.78. The van der Waals surface area contributed by atoms with Crippen molar-refractivity contribution in [2.45, 2.75) is 18.2 Å². The van der Waals surface area contributed by atoms with Gasteiger partial charge in [-0.15, -0.1) is 0 Å². The highest BCUT2D eigenvalue weighted by atomic mass is 32.2. The molecule has 2 aromatic carbocycles. The highest BCUT2D eigenvalue weighted by Crippen LogP contribution is 2.16. The summed E-state index contributed by atoms with van der Waals surface area (Å²) in [6, 6.07) is 16.8. The van der Waals surface area contributed by atoms with Gasteiger partial charge in [-0.05, 0) is 18.6 Å². The summed E-state index contributed by atoms with van der Waals surface area (Å²) < 4.78 is 27.3. The lowest BCUT2D eigenvalue weighted by atomic mass is 10.2. The van der Waals surface area contributed by atoms with Crippen LogP contribution in [0.15, 0.2) is 65.7 Å². The molecule has 0 amide bonds. The molecule has 124 valence electrons. The van der Waals surface area contributed by atoms with Crippen molar-refractivity contribution in [2.75, 3.05) is 6.54 Å².